The summed E-state index contributed by atoms with van der Waals surface area (Å²) in [5, 5.41) is 7.66. The van der Waals surface area contributed by atoms with Crippen molar-refractivity contribution in [1.82, 2.24) is 9.78 Å². The van der Waals surface area contributed by atoms with E-state index in [1.807, 2.05) is 16.9 Å². The lowest BCUT2D eigenvalue weighted by Crippen LogP contribution is -2.11. The Morgan fingerprint density at radius 3 is 2.46 bits per heavy atom. The second kappa shape index (κ2) is 6.88. The summed E-state index contributed by atoms with van der Waals surface area (Å²) in [7, 11) is -4.54. The molecule has 1 aromatic carbocycles. The zero-order valence-corrected chi connectivity index (χ0v) is 13.8. The van der Waals surface area contributed by atoms with Crippen molar-refractivity contribution in [2.24, 2.45) is 0 Å². The molecule has 1 fully saturated rings. The summed E-state index contributed by atoms with van der Waals surface area (Å²) in [4.78, 5) is -0.381. The van der Waals surface area contributed by atoms with Gasteiger partial charge >= 0.3 is 5.76 Å². The Morgan fingerprint density at radius 1 is 1.17 bits per heavy atom. The van der Waals surface area contributed by atoms with Crippen molar-refractivity contribution in [2.75, 3.05) is 5.32 Å². The predicted molar refractivity (Wildman–Crippen MR) is 86.7 cm³/mol. The fourth-order valence-electron chi connectivity index (χ4n) is 2.90. The third-order valence-electron chi connectivity index (χ3n) is 4.25. The molecule has 0 bridgehead atoms. The number of rotatable bonds is 6. The SMILES string of the molecule is O=S(=O)(c1ccc(NCc2ccn(C3CCCC3)n2)cc1)C(F)F. The Balaban J connectivity index is 1.61. The van der Waals surface area contributed by atoms with Gasteiger partial charge in [0.05, 0.1) is 23.2 Å². The van der Waals surface area contributed by atoms with Crippen LogP contribution in [0.2, 0.25) is 0 Å². The molecule has 0 radical (unpaired) electrons. The van der Waals surface area contributed by atoms with Crippen LogP contribution in [-0.2, 0) is 16.4 Å². The molecule has 0 saturated heterocycles. The molecule has 3 rings (SSSR count). The number of nitrogens with one attached hydrogen (secondary N) is 1. The van der Waals surface area contributed by atoms with E-state index in [1.165, 1.54) is 37.1 Å². The zero-order chi connectivity index (χ0) is 17.2. The van der Waals surface area contributed by atoms with Crippen LogP contribution in [0.3, 0.4) is 0 Å². The van der Waals surface area contributed by atoms with E-state index in [0.717, 1.165) is 18.5 Å². The van der Waals surface area contributed by atoms with Gasteiger partial charge in [-0.25, -0.2) is 8.42 Å². The van der Waals surface area contributed by atoms with E-state index >= 15 is 0 Å². The number of nitrogens with zero attached hydrogens (tertiary/aromatic N) is 2. The van der Waals surface area contributed by atoms with E-state index < -0.39 is 15.6 Å². The van der Waals surface area contributed by atoms with E-state index in [9.17, 15) is 17.2 Å². The Bertz CT molecular complexity index is 782. The average Bonchev–Trinajstić information content (AvgIpc) is 3.24. The van der Waals surface area contributed by atoms with Gasteiger partial charge in [-0.2, -0.15) is 13.9 Å². The minimum Gasteiger partial charge on any atom is -0.379 e. The van der Waals surface area contributed by atoms with Crippen LogP contribution in [-0.4, -0.2) is 24.0 Å². The van der Waals surface area contributed by atoms with Gasteiger partial charge in [0.2, 0.25) is 9.84 Å². The monoisotopic (exact) mass is 355 g/mol. The lowest BCUT2D eigenvalue weighted by Gasteiger charge is -2.09. The number of hydrogen-bond donors (Lipinski definition) is 1. The first kappa shape index (κ1) is 16.9. The maximum absolute atomic E-state index is 12.5. The second-order valence-corrected chi connectivity index (χ2v) is 7.83. The van der Waals surface area contributed by atoms with Crippen molar-refractivity contribution in [3.63, 3.8) is 0 Å². The summed E-state index contributed by atoms with van der Waals surface area (Å²) in [5.74, 6) is -3.41. The van der Waals surface area contributed by atoms with Gasteiger partial charge in [0.15, 0.2) is 0 Å². The van der Waals surface area contributed by atoms with Crippen molar-refractivity contribution >= 4 is 15.5 Å². The lowest BCUT2D eigenvalue weighted by atomic mass is 10.3. The molecular weight excluding hydrogens is 336 g/mol. The van der Waals surface area contributed by atoms with Crippen molar-refractivity contribution in [2.45, 2.75) is 48.9 Å². The largest absolute Gasteiger partial charge is 0.379 e. The summed E-state index contributed by atoms with van der Waals surface area (Å²) in [6.45, 7) is 0.487. The Hall–Kier alpha value is -1.96. The molecule has 1 heterocycles. The highest BCUT2D eigenvalue weighted by Gasteiger charge is 2.26. The van der Waals surface area contributed by atoms with Crippen LogP contribution in [0.5, 0.6) is 0 Å². The highest BCUT2D eigenvalue weighted by atomic mass is 32.2. The number of halogens is 2. The first-order chi connectivity index (χ1) is 11.5. The first-order valence-corrected chi connectivity index (χ1v) is 9.41. The molecule has 1 N–H and O–H groups in total. The normalized spacial score (nSPS) is 16.0. The van der Waals surface area contributed by atoms with Gasteiger partial charge in [0.25, 0.3) is 0 Å². The highest BCUT2D eigenvalue weighted by molar-refractivity contribution is 7.91. The molecule has 24 heavy (non-hydrogen) atoms. The van der Waals surface area contributed by atoms with E-state index in [0.29, 0.717) is 18.3 Å². The molecule has 0 unspecified atom stereocenters. The van der Waals surface area contributed by atoms with Crippen LogP contribution < -0.4 is 5.32 Å². The minimum atomic E-state index is -4.54. The number of aromatic nitrogens is 2. The maximum atomic E-state index is 12.5. The molecule has 0 atom stereocenters. The quantitative estimate of drug-likeness (QED) is 0.860. The molecule has 130 valence electrons. The topological polar surface area (TPSA) is 64.0 Å². The van der Waals surface area contributed by atoms with E-state index in [2.05, 4.69) is 10.4 Å². The third-order valence-corrected chi connectivity index (χ3v) is 5.65. The van der Waals surface area contributed by atoms with Crippen LogP contribution in [0, 0.1) is 0 Å². The van der Waals surface area contributed by atoms with Crippen LogP contribution >= 0.6 is 0 Å². The summed E-state index contributed by atoms with van der Waals surface area (Å²) in [6.07, 6.45) is 6.78. The third kappa shape index (κ3) is 3.58. The number of sulfone groups is 1. The maximum Gasteiger partial charge on any atom is 0.341 e. The summed E-state index contributed by atoms with van der Waals surface area (Å²) >= 11 is 0. The molecule has 2 aromatic rings. The van der Waals surface area contributed by atoms with Crippen LogP contribution in [0.4, 0.5) is 14.5 Å². The fraction of sp³-hybridized carbons (Fsp3) is 0.438. The van der Waals surface area contributed by atoms with Crippen LogP contribution in [0.15, 0.2) is 41.4 Å². The van der Waals surface area contributed by atoms with Gasteiger partial charge in [-0.05, 0) is 43.2 Å². The second-order valence-electron chi connectivity index (χ2n) is 5.91. The molecule has 1 aromatic heterocycles. The molecule has 1 aliphatic carbocycles. The van der Waals surface area contributed by atoms with Crippen molar-refractivity contribution < 1.29 is 17.2 Å². The van der Waals surface area contributed by atoms with Crippen molar-refractivity contribution in [3.05, 3.63) is 42.2 Å². The standard InChI is InChI=1S/C16H19F2N3O2S/c17-16(18)24(22,23)15-7-5-12(6-8-15)19-11-13-9-10-21(20-13)14-3-1-2-4-14/h5-10,14,16,19H,1-4,11H2. The molecule has 0 spiro atoms. The lowest BCUT2D eigenvalue weighted by molar-refractivity contribution is 0.234. The zero-order valence-electron chi connectivity index (χ0n) is 13.0. The van der Waals surface area contributed by atoms with Gasteiger partial charge < -0.3 is 5.32 Å². The van der Waals surface area contributed by atoms with E-state index in [4.69, 9.17) is 0 Å². The number of benzene rings is 1. The molecule has 5 nitrogen and oxygen atoms in total. The van der Waals surface area contributed by atoms with Gasteiger partial charge in [0, 0.05) is 11.9 Å². The highest BCUT2D eigenvalue weighted by Crippen LogP contribution is 2.28. The molecule has 1 saturated carbocycles. The molecule has 1 aliphatic rings. The first-order valence-electron chi connectivity index (χ1n) is 7.87. The number of alkyl halides is 2. The van der Waals surface area contributed by atoms with Crippen LogP contribution in [0.1, 0.15) is 37.4 Å². The van der Waals surface area contributed by atoms with Gasteiger partial charge in [-0.3, -0.25) is 4.68 Å². The molecular formula is C16H19F2N3O2S. The fourth-order valence-corrected chi connectivity index (χ4v) is 3.62. The smallest absolute Gasteiger partial charge is 0.341 e. The molecule has 0 amide bonds. The van der Waals surface area contributed by atoms with Gasteiger partial charge in [-0.1, -0.05) is 12.8 Å². The minimum absolute atomic E-state index is 0.381. The molecule has 0 aliphatic heterocycles. The number of anilines is 1. The Labute approximate surface area is 139 Å². The molecule has 8 heteroatoms. The summed E-state index contributed by atoms with van der Waals surface area (Å²) in [5.41, 5.74) is 1.53. The van der Waals surface area contributed by atoms with Gasteiger partial charge in [-0.15, -0.1) is 0 Å². The Kier molecular flexibility index (Phi) is 4.84. The van der Waals surface area contributed by atoms with Crippen LogP contribution in [0.25, 0.3) is 0 Å². The van der Waals surface area contributed by atoms with E-state index in [-0.39, 0.29) is 4.90 Å². The van der Waals surface area contributed by atoms with E-state index in [1.54, 1.807) is 0 Å². The summed E-state index contributed by atoms with van der Waals surface area (Å²) in [6, 6.07) is 7.74. The van der Waals surface area contributed by atoms with Crippen molar-refractivity contribution in [1.29, 1.82) is 0 Å². The average molecular weight is 355 g/mol. The Morgan fingerprint density at radius 2 is 1.83 bits per heavy atom. The summed E-state index contributed by atoms with van der Waals surface area (Å²) < 4.78 is 49.7. The number of hydrogen-bond acceptors (Lipinski definition) is 4. The van der Waals surface area contributed by atoms with Crippen molar-refractivity contribution in [3.8, 4) is 0 Å². The van der Waals surface area contributed by atoms with Gasteiger partial charge in [0.1, 0.15) is 0 Å². The predicted octanol–water partition coefficient (Wildman–Crippen LogP) is 3.61.